The van der Waals surface area contributed by atoms with Gasteiger partial charge in [0.1, 0.15) is 5.82 Å². The molecule has 0 aliphatic carbocycles. The van der Waals surface area contributed by atoms with Gasteiger partial charge in [-0.2, -0.15) is 0 Å². The number of alkyl halides is 1. The molecule has 1 atom stereocenters. The van der Waals surface area contributed by atoms with Crippen molar-refractivity contribution in [3.63, 3.8) is 0 Å². The van der Waals surface area contributed by atoms with Crippen LogP contribution in [-0.4, -0.2) is 16.9 Å². The molecule has 4 heteroatoms. The molecule has 0 spiro atoms. The molecule has 1 heterocycles. The van der Waals surface area contributed by atoms with Crippen LogP contribution < -0.4 is 5.32 Å². The molecule has 0 aliphatic rings. The van der Waals surface area contributed by atoms with Crippen LogP contribution in [0.2, 0.25) is 0 Å². The van der Waals surface area contributed by atoms with Crippen molar-refractivity contribution in [3.05, 3.63) is 22.3 Å². The van der Waals surface area contributed by atoms with Gasteiger partial charge in [-0.05, 0) is 41.4 Å². The maximum absolute atomic E-state index is 5.81. The van der Waals surface area contributed by atoms with Gasteiger partial charge in [-0.15, -0.1) is 11.6 Å². The Morgan fingerprint density at radius 3 is 2.92 bits per heavy atom. The van der Waals surface area contributed by atoms with Gasteiger partial charge in [-0.1, -0.05) is 0 Å². The van der Waals surface area contributed by atoms with E-state index in [0.717, 1.165) is 22.4 Å². The van der Waals surface area contributed by atoms with Gasteiger partial charge in [0.25, 0.3) is 0 Å². The molecule has 1 aromatic heterocycles. The van der Waals surface area contributed by atoms with Gasteiger partial charge in [0.05, 0.1) is 4.47 Å². The summed E-state index contributed by atoms with van der Waals surface area (Å²) in [6.07, 6.45) is 1.83. The predicted octanol–water partition coefficient (Wildman–Crippen LogP) is 3.19. The van der Waals surface area contributed by atoms with Crippen molar-refractivity contribution in [2.45, 2.75) is 19.2 Å². The number of nitrogens with zero attached hydrogens (tertiary/aromatic N) is 1. The molecule has 2 nitrogen and oxygen atoms in total. The lowest BCUT2D eigenvalue weighted by molar-refractivity contribution is 0.975. The number of hydrogen-bond donors (Lipinski definition) is 1. The van der Waals surface area contributed by atoms with Crippen LogP contribution in [0.25, 0.3) is 0 Å². The Bertz CT molecular complexity index is 289. The zero-order valence-corrected chi connectivity index (χ0v) is 9.98. The van der Waals surface area contributed by atoms with Crippen LogP contribution >= 0.6 is 27.5 Å². The molecule has 0 amide bonds. The summed E-state index contributed by atoms with van der Waals surface area (Å²) in [7, 11) is 0. The van der Waals surface area contributed by atoms with Crippen molar-refractivity contribution in [1.82, 2.24) is 4.98 Å². The average Bonchev–Trinajstić information content (AvgIpc) is 2.02. The third kappa shape index (κ3) is 3.53. The molecule has 1 aromatic rings. The summed E-state index contributed by atoms with van der Waals surface area (Å²) in [5.41, 5.74) is 1.14. The Morgan fingerprint density at radius 2 is 2.38 bits per heavy atom. The summed E-state index contributed by atoms with van der Waals surface area (Å²) < 4.78 is 0.977. The summed E-state index contributed by atoms with van der Waals surface area (Å²) in [6, 6.07) is 2.02. The maximum Gasteiger partial charge on any atom is 0.140 e. The van der Waals surface area contributed by atoms with Gasteiger partial charge in [0.2, 0.25) is 0 Å². The third-order valence-electron chi connectivity index (χ3n) is 1.53. The lowest BCUT2D eigenvalue weighted by Gasteiger charge is -2.08. The number of aromatic nitrogens is 1. The Hall–Kier alpha value is -0.280. The quantitative estimate of drug-likeness (QED) is 0.847. The molecule has 0 saturated heterocycles. The fourth-order valence-electron chi connectivity index (χ4n) is 0.901. The first-order valence-corrected chi connectivity index (χ1v) is 5.32. The molecule has 0 fully saturated rings. The minimum Gasteiger partial charge on any atom is -0.368 e. The number of anilines is 1. The van der Waals surface area contributed by atoms with Crippen LogP contribution in [0.1, 0.15) is 12.5 Å². The second-order valence-corrected chi connectivity index (χ2v) is 4.60. The number of halogens is 2. The van der Waals surface area contributed by atoms with E-state index in [-0.39, 0.29) is 5.38 Å². The van der Waals surface area contributed by atoms with Crippen LogP contribution in [0, 0.1) is 6.92 Å². The largest absolute Gasteiger partial charge is 0.368 e. The van der Waals surface area contributed by atoms with Crippen molar-refractivity contribution < 1.29 is 0 Å². The summed E-state index contributed by atoms with van der Waals surface area (Å²) in [6.45, 7) is 4.67. The topological polar surface area (TPSA) is 24.9 Å². The molecular formula is C9H12BrClN2. The zero-order valence-electron chi connectivity index (χ0n) is 7.64. The number of pyridine rings is 1. The Morgan fingerprint density at radius 1 is 1.69 bits per heavy atom. The monoisotopic (exact) mass is 262 g/mol. The molecule has 1 rings (SSSR count). The van der Waals surface area contributed by atoms with Crippen LogP contribution in [0.15, 0.2) is 16.7 Å². The highest BCUT2D eigenvalue weighted by atomic mass is 79.9. The van der Waals surface area contributed by atoms with Gasteiger partial charge >= 0.3 is 0 Å². The van der Waals surface area contributed by atoms with Crippen LogP contribution in [0.3, 0.4) is 0 Å². The van der Waals surface area contributed by atoms with E-state index < -0.39 is 0 Å². The molecular weight excluding hydrogens is 251 g/mol. The Balaban J connectivity index is 2.67. The van der Waals surface area contributed by atoms with Crippen molar-refractivity contribution in [2.75, 3.05) is 11.9 Å². The summed E-state index contributed by atoms with van der Waals surface area (Å²) >= 11 is 9.23. The van der Waals surface area contributed by atoms with E-state index in [0.29, 0.717) is 0 Å². The Kier molecular flexibility index (Phi) is 4.00. The van der Waals surface area contributed by atoms with Crippen molar-refractivity contribution in [2.24, 2.45) is 0 Å². The summed E-state index contributed by atoms with van der Waals surface area (Å²) in [5.74, 6) is 0.845. The van der Waals surface area contributed by atoms with Crippen molar-refractivity contribution >= 4 is 33.3 Å². The van der Waals surface area contributed by atoms with Gasteiger partial charge < -0.3 is 5.32 Å². The lowest BCUT2D eigenvalue weighted by atomic mass is 10.3. The molecule has 1 unspecified atom stereocenters. The highest BCUT2D eigenvalue weighted by Crippen LogP contribution is 2.20. The second-order valence-electron chi connectivity index (χ2n) is 3.00. The van der Waals surface area contributed by atoms with Gasteiger partial charge in [0.15, 0.2) is 0 Å². The fourth-order valence-corrected chi connectivity index (χ4v) is 1.58. The lowest BCUT2D eigenvalue weighted by Crippen LogP contribution is -2.11. The van der Waals surface area contributed by atoms with E-state index in [1.807, 2.05) is 26.1 Å². The number of hydrogen-bond acceptors (Lipinski definition) is 2. The molecule has 0 radical (unpaired) electrons. The van der Waals surface area contributed by atoms with Crippen molar-refractivity contribution in [3.8, 4) is 0 Å². The van der Waals surface area contributed by atoms with E-state index in [1.54, 1.807) is 0 Å². The minimum atomic E-state index is 0.106. The normalized spacial score (nSPS) is 12.6. The summed E-state index contributed by atoms with van der Waals surface area (Å²) in [4.78, 5) is 4.23. The standard InChI is InChI=1S/C9H12BrClN2/c1-6-3-8(10)9(12-4-6)13-5-7(2)11/h3-4,7H,5H2,1-2H3,(H,12,13). The van der Waals surface area contributed by atoms with Crippen LogP contribution in [0.4, 0.5) is 5.82 Å². The molecule has 72 valence electrons. The maximum atomic E-state index is 5.81. The third-order valence-corrected chi connectivity index (χ3v) is 2.29. The van der Waals surface area contributed by atoms with Crippen molar-refractivity contribution in [1.29, 1.82) is 0 Å². The van der Waals surface area contributed by atoms with E-state index in [9.17, 15) is 0 Å². The fraction of sp³-hybridized carbons (Fsp3) is 0.444. The van der Waals surface area contributed by atoms with Gasteiger partial charge in [0, 0.05) is 18.1 Å². The van der Waals surface area contributed by atoms with Crippen LogP contribution in [-0.2, 0) is 0 Å². The molecule has 0 bridgehead atoms. The molecule has 0 aromatic carbocycles. The van der Waals surface area contributed by atoms with Gasteiger partial charge in [-0.3, -0.25) is 0 Å². The number of nitrogens with one attached hydrogen (secondary N) is 1. The van der Waals surface area contributed by atoms with E-state index in [1.165, 1.54) is 0 Å². The number of rotatable bonds is 3. The minimum absolute atomic E-state index is 0.106. The average molecular weight is 264 g/mol. The first kappa shape index (κ1) is 10.8. The van der Waals surface area contributed by atoms with Crippen LogP contribution in [0.5, 0.6) is 0 Å². The predicted molar refractivity (Wildman–Crippen MR) is 60.5 cm³/mol. The molecule has 13 heavy (non-hydrogen) atoms. The zero-order chi connectivity index (χ0) is 9.84. The van der Waals surface area contributed by atoms with Gasteiger partial charge in [-0.25, -0.2) is 4.98 Å². The SMILES string of the molecule is Cc1cnc(NCC(C)Cl)c(Br)c1. The molecule has 1 N–H and O–H groups in total. The first-order valence-electron chi connectivity index (χ1n) is 4.09. The Labute approximate surface area is 91.8 Å². The molecule has 0 saturated carbocycles. The highest BCUT2D eigenvalue weighted by Gasteiger charge is 2.02. The molecule has 0 aliphatic heterocycles. The van der Waals surface area contributed by atoms with E-state index >= 15 is 0 Å². The highest BCUT2D eigenvalue weighted by molar-refractivity contribution is 9.10. The number of aryl methyl sites for hydroxylation is 1. The smallest absolute Gasteiger partial charge is 0.140 e. The van der Waals surface area contributed by atoms with E-state index in [4.69, 9.17) is 11.6 Å². The van der Waals surface area contributed by atoms with E-state index in [2.05, 4.69) is 26.2 Å². The first-order chi connectivity index (χ1) is 6.09. The summed E-state index contributed by atoms with van der Waals surface area (Å²) in [5, 5.41) is 3.26. The second kappa shape index (κ2) is 4.82.